The molecule has 4 aromatic rings. The Morgan fingerprint density at radius 1 is 0.943 bits per heavy atom. The zero-order valence-electron chi connectivity index (χ0n) is 19.4. The second-order valence-corrected chi connectivity index (χ2v) is 8.40. The Morgan fingerprint density at radius 3 is 2.26 bits per heavy atom. The maximum Gasteiger partial charge on any atom is 0.333 e. The van der Waals surface area contributed by atoms with Gasteiger partial charge in [-0.15, -0.1) is 0 Å². The average Bonchev–Trinajstić information content (AvgIpc) is 2.92. The Morgan fingerprint density at radius 2 is 1.63 bits per heavy atom. The normalized spacial score (nSPS) is 13.6. The van der Waals surface area contributed by atoms with Crippen molar-refractivity contribution in [2.75, 3.05) is 13.1 Å². The first kappa shape index (κ1) is 22.5. The van der Waals surface area contributed by atoms with Gasteiger partial charge in [0.1, 0.15) is 11.9 Å². The first-order valence-electron chi connectivity index (χ1n) is 11.6. The molecule has 0 saturated heterocycles. The summed E-state index contributed by atoms with van der Waals surface area (Å²) in [6.07, 6.45) is 4.19. The third-order valence-corrected chi connectivity index (χ3v) is 6.31. The van der Waals surface area contributed by atoms with E-state index in [0.29, 0.717) is 25.5 Å². The number of benzene rings is 2. The van der Waals surface area contributed by atoms with Crippen LogP contribution in [0.15, 0.2) is 82.5 Å². The third-order valence-electron chi connectivity index (χ3n) is 6.31. The molecule has 5 rings (SSSR count). The Hall–Kier alpha value is -4.33. The van der Waals surface area contributed by atoms with Crippen molar-refractivity contribution in [1.29, 1.82) is 0 Å². The lowest BCUT2D eigenvalue weighted by molar-refractivity contribution is -0.131. The molecule has 0 atom stereocenters. The van der Waals surface area contributed by atoms with Crippen LogP contribution in [0.5, 0.6) is 0 Å². The van der Waals surface area contributed by atoms with E-state index in [2.05, 4.69) is 22.1 Å². The minimum absolute atomic E-state index is 0.212. The van der Waals surface area contributed by atoms with Gasteiger partial charge in [-0.3, -0.25) is 18.7 Å². The van der Waals surface area contributed by atoms with E-state index >= 15 is 0 Å². The number of hydrogen-bond donors (Lipinski definition) is 0. The summed E-state index contributed by atoms with van der Waals surface area (Å²) in [6, 6.07) is 19.4. The molecular formula is C27H25N5O3. The summed E-state index contributed by atoms with van der Waals surface area (Å²) in [5.41, 5.74) is 2.29. The van der Waals surface area contributed by atoms with Crippen LogP contribution in [0.25, 0.3) is 28.0 Å². The predicted molar refractivity (Wildman–Crippen MR) is 135 cm³/mol. The molecule has 35 heavy (non-hydrogen) atoms. The van der Waals surface area contributed by atoms with Gasteiger partial charge in [0.15, 0.2) is 11.5 Å². The monoisotopic (exact) mass is 467 g/mol. The second-order valence-electron chi connectivity index (χ2n) is 8.40. The molecule has 8 nitrogen and oxygen atoms in total. The average molecular weight is 468 g/mol. The fraction of sp³-hybridized carbons (Fsp3) is 0.222. The highest BCUT2D eigenvalue weighted by molar-refractivity contribution is 5.79. The van der Waals surface area contributed by atoms with Gasteiger partial charge >= 0.3 is 5.69 Å². The van der Waals surface area contributed by atoms with Crippen LogP contribution in [0, 0.1) is 0 Å². The highest BCUT2D eigenvalue weighted by Gasteiger charge is 2.22. The lowest BCUT2D eigenvalue weighted by atomic mass is 9.99. The number of carbonyl (C=O) groups excluding carboxylic acids is 1. The number of nitrogens with zero attached hydrogens (tertiary/aromatic N) is 5. The number of aromatic nitrogens is 4. The molecule has 0 saturated carbocycles. The Balaban J connectivity index is 1.45. The molecule has 0 unspecified atom stereocenters. The molecule has 0 radical (unpaired) electrons. The molecule has 1 aliphatic rings. The molecule has 0 bridgehead atoms. The summed E-state index contributed by atoms with van der Waals surface area (Å²) in [4.78, 5) is 50.0. The first-order chi connectivity index (χ1) is 17.1. The number of rotatable bonds is 5. The van der Waals surface area contributed by atoms with Crippen molar-refractivity contribution < 1.29 is 4.79 Å². The van der Waals surface area contributed by atoms with Gasteiger partial charge in [0.25, 0.3) is 5.56 Å². The number of fused-ring (bicyclic) bond motifs is 1. The Bertz CT molecular complexity index is 1540. The lowest BCUT2D eigenvalue weighted by Crippen LogP contribution is -2.45. The van der Waals surface area contributed by atoms with Crippen LogP contribution in [-0.2, 0) is 17.9 Å². The number of hydrogen-bond acceptors (Lipinski definition) is 5. The van der Waals surface area contributed by atoms with Crippen LogP contribution in [-0.4, -0.2) is 43.0 Å². The smallest absolute Gasteiger partial charge is 0.333 e. The summed E-state index contributed by atoms with van der Waals surface area (Å²) >= 11 is 0. The van der Waals surface area contributed by atoms with E-state index < -0.39 is 11.2 Å². The standard InChI is InChI=1S/C27H25N5O3/c1-2-31-25-22(17-28-24(29-25)21-11-7-4-8-12-21)26(34)32(27(31)35)18-23(33)30-15-13-20(14-16-30)19-9-5-3-6-10-19/h3-13,17H,2,14-16,18H2,1H3. The van der Waals surface area contributed by atoms with Crippen LogP contribution in [0.4, 0.5) is 0 Å². The minimum Gasteiger partial charge on any atom is -0.337 e. The van der Waals surface area contributed by atoms with Crippen molar-refractivity contribution >= 4 is 22.5 Å². The van der Waals surface area contributed by atoms with E-state index in [1.165, 1.54) is 16.3 Å². The summed E-state index contributed by atoms with van der Waals surface area (Å²) in [5.74, 6) is 0.165. The van der Waals surface area contributed by atoms with Crippen molar-refractivity contribution in [1.82, 2.24) is 24.0 Å². The van der Waals surface area contributed by atoms with E-state index in [9.17, 15) is 14.4 Å². The van der Waals surface area contributed by atoms with Crippen molar-refractivity contribution in [2.45, 2.75) is 26.4 Å². The van der Waals surface area contributed by atoms with Crippen molar-refractivity contribution in [3.8, 4) is 11.4 Å². The van der Waals surface area contributed by atoms with E-state index in [1.54, 1.807) is 4.90 Å². The zero-order valence-corrected chi connectivity index (χ0v) is 19.4. The summed E-state index contributed by atoms with van der Waals surface area (Å²) in [5, 5.41) is 0.212. The summed E-state index contributed by atoms with van der Waals surface area (Å²) in [7, 11) is 0. The van der Waals surface area contributed by atoms with Gasteiger partial charge in [0, 0.05) is 31.4 Å². The molecule has 1 aliphatic heterocycles. The predicted octanol–water partition coefficient (Wildman–Crippen LogP) is 2.96. The fourth-order valence-corrected chi connectivity index (χ4v) is 4.39. The van der Waals surface area contributed by atoms with Gasteiger partial charge in [0.05, 0.1) is 0 Å². The van der Waals surface area contributed by atoms with Gasteiger partial charge < -0.3 is 4.90 Å². The number of aryl methyl sites for hydroxylation is 1. The SMILES string of the molecule is CCn1c(=O)n(CC(=O)N2CC=C(c3ccccc3)CC2)c(=O)c2cnc(-c3ccccc3)nc21. The Kier molecular flexibility index (Phi) is 6.10. The molecule has 2 aromatic carbocycles. The Labute approximate surface area is 201 Å². The van der Waals surface area contributed by atoms with E-state index in [0.717, 1.165) is 22.1 Å². The molecule has 176 valence electrons. The van der Waals surface area contributed by atoms with E-state index in [-0.39, 0.29) is 23.5 Å². The second kappa shape index (κ2) is 9.50. The highest BCUT2D eigenvalue weighted by atomic mass is 16.2. The zero-order chi connectivity index (χ0) is 24.4. The van der Waals surface area contributed by atoms with Crippen LogP contribution in [0.3, 0.4) is 0 Å². The number of amides is 1. The van der Waals surface area contributed by atoms with Gasteiger partial charge in [0.2, 0.25) is 5.91 Å². The molecule has 2 aromatic heterocycles. The van der Waals surface area contributed by atoms with Crippen molar-refractivity contribution in [2.24, 2.45) is 0 Å². The van der Waals surface area contributed by atoms with Gasteiger partial charge in [-0.2, -0.15) is 0 Å². The molecule has 1 amide bonds. The molecule has 0 aliphatic carbocycles. The largest absolute Gasteiger partial charge is 0.337 e. The molecule has 0 spiro atoms. The van der Waals surface area contributed by atoms with Gasteiger partial charge in [-0.05, 0) is 24.5 Å². The number of carbonyl (C=O) groups is 1. The van der Waals surface area contributed by atoms with Gasteiger partial charge in [-0.1, -0.05) is 66.7 Å². The van der Waals surface area contributed by atoms with Crippen LogP contribution < -0.4 is 11.2 Å². The molecule has 8 heteroatoms. The minimum atomic E-state index is -0.555. The lowest BCUT2D eigenvalue weighted by Gasteiger charge is -2.27. The van der Waals surface area contributed by atoms with Crippen molar-refractivity contribution in [3.63, 3.8) is 0 Å². The molecular weight excluding hydrogens is 442 g/mol. The molecule has 3 heterocycles. The van der Waals surface area contributed by atoms with E-state index in [4.69, 9.17) is 0 Å². The highest BCUT2D eigenvalue weighted by Crippen LogP contribution is 2.22. The maximum absolute atomic E-state index is 13.2. The van der Waals surface area contributed by atoms with E-state index in [1.807, 2.05) is 61.5 Å². The molecule has 0 N–H and O–H groups in total. The summed E-state index contributed by atoms with van der Waals surface area (Å²) < 4.78 is 2.41. The third kappa shape index (κ3) is 4.30. The fourth-order valence-electron chi connectivity index (χ4n) is 4.39. The topological polar surface area (TPSA) is 90.1 Å². The van der Waals surface area contributed by atoms with Gasteiger partial charge in [-0.25, -0.2) is 14.8 Å². The quantitative estimate of drug-likeness (QED) is 0.450. The first-order valence-corrected chi connectivity index (χ1v) is 11.6. The van der Waals surface area contributed by atoms with Crippen LogP contribution >= 0.6 is 0 Å². The van der Waals surface area contributed by atoms with Crippen LogP contribution in [0.2, 0.25) is 0 Å². The van der Waals surface area contributed by atoms with Crippen LogP contribution in [0.1, 0.15) is 18.9 Å². The summed E-state index contributed by atoms with van der Waals surface area (Å²) in [6.45, 7) is 2.77. The van der Waals surface area contributed by atoms with Crippen molar-refractivity contribution in [3.05, 3.63) is 99.3 Å². The molecule has 0 fully saturated rings. The maximum atomic E-state index is 13.2.